The van der Waals surface area contributed by atoms with Crippen LogP contribution < -0.4 is 0 Å². The molecule has 0 spiro atoms. The molecule has 2 aliphatic carbocycles. The topological polar surface area (TPSA) is 0 Å². The number of benzene rings is 2. The minimum atomic E-state index is -0.817. The molecule has 4 rings (SSSR count). The molecule has 3 heteroatoms. The third kappa shape index (κ3) is 3.88. The number of rotatable bonds is 4. The van der Waals surface area contributed by atoms with E-state index in [0.29, 0.717) is 11.3 Å². The molecule has 0 amide bonds. The lowest BCUT2D eigenvalue weighted by molar-refractivity contribution is 0.113. The van der Waals surface area contributed by atoms with Gasteiger partial charge in [0.1, 0.15) is 17.5 Å². The van der Waals surface area contributed by atoms with Gasteiger partial charge in [0.25, 0.3) is 0 Å². The minimum absolute atomic E-state index is 0.0923. The van der Waals surface area contributed by atoms with Gasteiger partial charge in [-0.1, -0.05) is 38.7 Å². The lowest BCUT2D eigenvalue weighted by atomic mass is 9.63. The quantitative estimate of drug-likeness (QED) is 0.513. The molecule has 0 aliphatic heterocycles. The van der Waals surface area contributed by atoms with E-state index in [-0.39, 0.29) is 5.39 Å². The molecular formula is C24H29F3. The molecule has 2 saturated carbocycles. The van der Waals surface area contributed by atoms with Crippen LogP contribution in [0.5, 0.6) is 0 Å². The lowest BCUT2D eigenvalue weighted by Crippen LogP contribution is -2.30. The zero-order valence-corrected chi connectivity index (χ0v) is 16.1. The SMILES string of the molecule is CCCCC1CCC2CC(c3cc(F)c4c(F)cc(F)cc4c3)CCC2C1. The maximum Gasteiger partial charge on any atom is 0.136 e. The summed E-state index contributed by atoms with van der Waals surface area (Å²) < 4.78 is 42.1. The van der Waals surface area contributed by atoms with Crippen molar-refractivity contribution in [2.75, 3.05) is 0 Å². The summed E-state index contributed by atoms with van der Waals surface area (Å²) in [7, 11) is 0. The Hall–Kier alpha value is -1.51. The molecule has 2 aromatic rings. The van der Waals surface area contributed by atoms with Crippen LogP contribution in [-0.4, -0.2) is 0 Å². The first kappa shape index (κ1) is 18.8. The molecule has 0 aromatic heterocycles. The van der Waals surface area contributed by atoms with Gasteiger partial charge < -0.3 is 0 Å². The van der Waals surface area contributed by atoms with Gasteiger partial charge in [-0.15, -0.1) is 0 Å². The van der Waals surface area contributed by atoms with Gasteiger partial charge in [0, 0.05) is 6.07 Å². The van der Waals surface area contributed by atoms with Crippen LogP contribution in [0.1, 0.15) is 76.2 Å². The Morgan fingerprint density at radius 1 is 0.852 bits per heavy atom. The summed E-state index contributed by atoms with van der Waals surface area (Å²) in [6.45, 7) is 2.26. The van der Waals surface area contributed by atoms with Crippen molar-refractivity contribution in [2.45, 2.75) is 70.6 Å². The van der Waals surface area contributed by atoms with Gasteiger partial charge in [0.2, 0.25) is 0 Å². The fourth-order valence-electron chi connectivity index (χ4n) is 5.68. The largest absolute Gasteiger partial charge is 0.207 e. The van der Waals surface area contributed by atoms with Gasteiger partial charge in [-0.25, -0.2) is 13.2 Å². The maximum atomic E-state index is 14.5. The Labute approximate surface area is 160 Å². The van der Waals surface area contributed by atoms with Crippen molar-refractivity contribution in [2.24, 2.45) is 17.8 Å². The normalized spacial score (nSPS) is 28.3. The van der Waals surface area contributed by atoms with Crippen LogP contribution in [0, 0.1) is 35.2 Å². The fraction of sp³-hybridized carbons (Fsp3) is 0.583. The summed E-state index contributed by atoms with van der Waals surface area (Å²) >= 11 is 0. The average Bonchev–Trinajstić information content (AvgIpc) is 2.64. The van der Waals surface area contributed by atoms with E-state index in [9.17, 15) is 13.2 Å². The maximum absolute atomic E-state index is 14.5. The van der Waals surface area contributed by atoms with Crippen LogP contribution in [0.2, 0.25) is 0 Å². The van der Waals surface area contributed by atoms with Gasteiger partial charge in [0.05, 0.1) is 5.39 Å². The van der Waals surface area contributed by atoms with Gasteiger partial charge in [-0.3, -0.25) is 0 Å². The van der Waals surface area contributed by atoms with Crippen molar-refractivity contribution in [1.29, 1.82) is 0 Å². The summed E-state index contributed by atoms with van der Waals surface area (Å²) in [5, 5.41) is 0.248. The monoisotopic (exact) mass is 374 g/mol. The lowest BCUT2D eigenvalue weighted by Gasteiger charge is -2.42. The third-order valence-corrected chi connectivity index (χ3v) is 7.10. The van der Waals surface area contributed by atoms with Gasteiger partial charge in [-0.05, 0) is 78.9 Å². The summed E-state index contributed by atoms with van der Waals surface area (Å²) in [5.41, 5.74) is 0.913. The van der Waals surface area contributed by atoms with Crippen molar-refractivity contribution in [3.05, 3.63) is 47.3 Å². The minimum Gasteiger partial charge on any atom is -0.207 e. The molecule has 2 fully saturated rings. The zero-order chi connectivity index (χ0) is 19.0. The molecule has 146 valence electrons. The van der Waals surface area contributed by atoms with Crippen LogP contribution in [0.25, 0.3) is 10.8 Å². The highest BCUT2D eigenvalue weighted by atomic mass is 19.1. The van der Waals surface area contributed by atoms with Gasteiger partial charge in [0.15, 0.2) is 0 Å². The van der Waals surface area contributed by atoms with Crippen LogP contribution >= 0.6 is 0 Å². The molecule has 0 N–H and O–H groups in total. The first-order valence-corrected chi connectivity index (χ1v) is 10.6. The summed E-state index contributed by atoms with van der Waals surface area (Å²) in [6.07, 6.45) is 11.3. The van der Waals surface area contributed by atoms with Gasteiger partial charge >= 0.3 is 0 Å². The smallest absolute Gasteiger partial charge is 0.136 e. The predicted molar refractivity (Wildman–Crippen MR) is 104 cm³/mol. The van der Waals surface area contributed by atoms with E-state index >= 15 is 0 Å². The average molecular weight is 374 g/mol. The van der Waals surface area contributed by atoms with Crippen LogP contribution in [0.4, 0.5) is 13.2 Å². The van der Waals surface area contributed by atoms with Crippen molar-refractivity contribution in [1.82, 2.24) is 0 Å². The van der Waals surface area contributed by atoms with Gasteiger partial charge in [-0.2, -0.15) is 0 Å². The van der Waals surface area contributed by atoms with Crippen molar-refractivity contribution < 1.29 is 13.2 Å². The van der Waals surface area contributed by atoms with E-state index in [1.54, 1.807) is 0 Å². The molecule has 4 atom stereocenters. The predicted octanol–water partition coefficient (Wildman–Crippen LogP) is 7.75. The van der Waals surface area contributed by atoms with E-state index in [0.717, 1.165) is 42.2 Å². The van der Waals surface area contributed by atoms with E-state index in [1.807, 2.05) is 6.07 Å². The Balaban J connectivity index is 1.51. The van der Waals surface area contributed by atoms with Crippen LogP contribution in [-0.2, 0) is 0 Å². The highest BCUT2D eigenvalue weighted by molar-refractivity contribution is 5.84. The highest BCUT2D eigenvalue weighted by Crippen LogP contribution is 2.48. The second-order valence-corrected chi connectivity index (χ2v) is 8.84. The number of hydrogen-bond donors (Lipinski definition) is 0. The molecule has 2 aromatic carbocycles. The molecule has 4 unspecified atom stereocenters. The third-order valence-electron chi connectivity index (χ3n) is 7.10. The molecule has 0 bridgehead atoms. The molecule has 0 saturated heterocycles. The standard InChI is InChI=1S/C24H29F3/c1-2-3-4-15-5-6-17-10-18(8-7-16(17)9-15)19-11-20-12-21(25)14-23(27)24(20)22(26)13-19/h11-18H,2-10H2,1H3. The second-order valence-electron chi connectivity index (χ2n) is 8.84. The number of halogens is 3. The Morgan fingerprint density at radius 3 is 2.41 bits per heavy atom. The summed E-state index contributed by atoms with van der Waals surface area (Å²) in [5.74, 6) is 0.719. The molecule has 0 radical (unpaired) electrons. The molecule has 0 heterocycles. The van der Waals surface area contributed by atoms with Crippen molar-refractivity contribution in [3.8, 4) is 0 Å². The van der Waals surface area contributed by atoms with E-state index in [2.05, 4.69) is 6.92 Å². The van der Waals surface area contributed by atoms with Crippen LogP contribution in [0.3, 0.4) is 0 Å². The highest BCUT2D eigenvalue weighted by Gasteiger charge is 2.36. The number of hydrogen-bond acceptors (Lipinski definition) is 0. The summed E-state index contributed by atoms with van der Waals surface area (Å²) in [6, 6.07) is 5.30. The van der Waals surface area contributed by atoms with Crippen molar-refractivity contribution in [3.63, 3.8) is 0 Å². The Morgan fingerprint density at radius 2 is 1.59 bits per heavy atom. The number of fused-ring (bicyclic) bond motifs is 2. The number of unbranched alkanes of at least 4 members (excludes halogenated alkanes) is 1. The summed E-state index contributed by atoms with van der Waals surface area (Å²) in [4.78, 5) is 0. The van der Waals surface area contributed by atoms with Crippen molar-refractivity contribution >= 4 is 10.8 Å². The fourth-order valence-corrected chi connectivity index (χ4v) is 5.68. The molecule has 0 nitrogen and oxygen atoms in total. The second kappa shape index (κ2) is 7.85. The molecule has 27 heavy (non-hydrogen) atoms. The molecule has 2 aliphatic rings. The first-order chi connectivity index (χ1) is 13.0. The Kier molecular flexibility index (Phi) is 5.48. The van der Waals surface area contributed by atoms with E-state index in [1.165, 1.54) is 57.1 Å². The molecular weight excluding hydrogens is 345 g/mol. The van der Waals surface area contributed by atoms with E-state index < -0.39 is 17.5 Å². The van der Waals surface area contributed by atoms with E-state index in [4.69, 9.17) is 0 Å². The first-order valence-electron chi connectivity index (χ1n) is 10.6. The van der Waals surface area contributed by atoms with Crippen LogP contribution in [0.15, 0.2) is 24.3 Å². The zero-order valence-electron chi connectivity index (χ0n) is 16.1. The Bertz CT molecular complexity index is 813.